The molecule has 7 atom stereocenters. The van der Waals surface area contributed by atoms with Crippen LogP contribution in [0.15, 0.2) is 22.7 Å². The molecule has 0 aliphatic carbocycles. The summed E-state index contributed by atoms with van der Waals surface area (Å²) in [6.07, 6.45) is 7.64. The van der Waals surface area contributed by atoms with Gasteiger partial charge in [0.2, 0.25) is 17.7 Å². The molecule has 0 aromatic carbocycles. The molecule has 222 valence electrons. The highest BCUT2D eigenvalue weighted by atomic mass is 79.9. The van der Waals surface area contributed by atoms with Gasteiger partial charge in [0.15, 0.2) is 0 Å². The number of fused-ring (bicyclic) bond motifs is 2. The van der Waals surface area contributed by atoms with Crippen LogP contribution in [0.1, 0.15) is 59.8 Å². The number of aliphatic hydroxyl groups excluding tert-OH is 1. The average molecular weight is 625 g/mol. The third-order valence-corrected chi connectivity index (χ3v) is 9.14. The van der Waals surface area contributed by atoms with Gasteiger partial charge in [0, 0.05) is 24.0 Å². The van der Waals surface area contributed by atoms with E-state index in [1.54, 1.807) is 17.9 Å². The van der Waals surface area contributed by atoms with Crippen molar-refractivity contribution in [3.05, 3.63) is 22.7 Å². The second kappa shape index (κ2) is 12.7. The Labute approximate surface area is 244 Å². The molecule has 4 aliphatic heterocycles. The Bertz CT molecular complexity index is 1060. The summed E-state index contributed by atoms with van der Waals surface area (Å²) in [6, 6.07) is -1.69. The van der Waals surface area contributed by atoms with Crippen LogP contribution in [0.2, 0.25) is 0 Å². The first-order valence-electron chi connectivity index (χ1n) is 14.5. The lowest BCUT2D eigenvalue weighted by Crippen LogP contribution is -2.59. The molecular weight excluding hydrogens is 582 g/mol. The molecule has 40 heavy (non-hydrogen) atoms. The fourth-order valence-corrected chi connectivity index (χ4v) is 7.13. The van der Waals surface area contributed by atoms with E-state index in [9.17, 15) is 24.3 Å². The lowest BCUT2D eigenvalue weighted by molar-refractivity contribution is -0.159. The lowest BCUT2D eigenvalue weighted by atomic mass is 9.74. The van der Waals surface area contributed by atoms with Crippen molar-refractivity contribution < 1.29 is 33.8 Å². The van der Waals surface area contributed by atoms with Crippen molar-refractivity contribution in [1.29, 1.82) is 0 Å². The van der Waals surface area contributed by atoms with Crippen LogP contribution in [0.5, 0.6) is 0 Å². The predicted octanol–water partition coefficient (Wildman–Crippen LogP) is 2.29. The fourth-order valence-electron chi connectivity index (χ4n) is 6.40. The maximum Gasteiger partial charge on any atom is 0.313 e. The molecule has 0 aromatic heterocycles. The van der Waals surface area contributed by atoms with Gasteiger partial charge in [-0.3, -0.25) is 19.2 Å². The summed E-state index contributed by atoms with van der Waals surface area (Å²) in [7, 11) is 0. The standard InChI is InChI=1S/C29H42BrN3O7/c1-5-6-9-12-32-13-10-7-8-11-21(35)31-15-18(4)39-28(38)22-23-26(36)33(20(16-34)17(2)3)25(27(32)37)29(23)14-19(30)24(22)40-29/h7,10,14,17-18,20,22-25,34H,5-6,8-9,11-13,15-16H2,1-4H3,(H,31,35)/b10-7-/t18-,20+,22+,23-,24+,25+,29-/m1/s1. The molecule has 0 saturated carbocycles. The summed E-state index contributed by atoms with van der Waals surface area (Å²) in [5.41, 5.74) is -1.37. The van der Waals surface area contributed by atoms with Crippen LogP contribution in [0.3, 0.4) is 0 Å². The van der Waals surface area contributed by atoms with E-state index in [0.29, 0.717) is 24.0 Å². The minimum absolute atomic E-state index is 0.145. The van der Waals surface area contributed by atoms with E-state index in [4.69, 9.17) is 9.47 Å². The third kappa shape index (κ3) is 5.61. The van der Waals surface area contributed by atoms with Gasteiger partial charge in [0.25, 0.3) is 0 Å². The molecule has 5 bridgehead atoms. The second-order valence-corrected chi connectivity index (χ2v) is 12.5. The average Bonchev–Trinajstić information content (AvgIpc) is 3.49. The zero-order valence-corrected chi connectivity index (χ0v) is 25.4. The number of allylic oxidation sites excluding steroid dienone is 1. The highest BCUT2D eigenvalue weighted by molar-refractivity contribution is 9.11. The normalized spacial score (nSPS) is 34.6. The van der Waals surface area contributed by atoms with Gasteiger partial charge in [-0.05, 0) is 31.8 Å². The first-order valence-corrected chi connectivity index (χ1v) is 15.3. The number of hydrogen-bond donors (Lipinski definition) is 2. The monoisotopic (exact) mass is 623 g/mol. The molecule has 3 amide bonds. The van der Waals surface area contributed by atoms with E-state index in [2.05, 4.69) is 28.2 Å². The van der Waals surface area contributed by atoms with E-state index in [-0.39, 0.29) is 37.3 Å². The third-order valence-electron chi connectivity index (χ3n) is 8.46. The topological polar surface area (TPSA) is 125 Å². The molecule has 4 heterocycles. The van der Waals surface area contributed by atoms with Gasteiger partial charge in [-0.25, -0.2) is 0 Å². The quantitative estimate of drug-likeness (QED) is 0.253. The number of amides is 3. The molecule has 4 aliphatic rings. The van der Waals surface area contributed by atoms with Crippen molar-refractivity contribution >= 4 is 39.6 Å². The Balaban J connectivity index is 1.81. The van der Waals surface area contributed by atoms with Crippen LogP contribution in [0.25, 0.3) is 0 Å². The van der Waals surface area contributed by atoms with Crippen LogP contribution in [-0.2, 0) is 28.7 Å². The number of unbranched alkanes of at least 4 members (excludes halogenated alkanes) is 2. The minimum Gasteiger partial charge on any atom is -0.460 e. The molecule has 0 unspecified atom stereocenters. The number of rotatable bonds is 7. The maximum atomic E-state index is 14.5. The highest BCUT2D eigenvalue weighted by Gasteiger charge is 2.75. The number of carbonyl (C=O) groups excluding carboxylic acids is 4. The van der Waals surface area contributed by atoms with Crippen molar-refractivity contribution in [2.45, 2.75) is 89.7 Å². The van der Waals surface area contributed by atoms with Crippen LogP contribution >= 0.6 is 15.9 Å². The van der Waals surface area contributed by atoms with Crippen molar-refractivity contribution in [1.82, 2.24) is 15.1 Å². The summed E-state index contributed by atoms with van der Waals surface area (Å²) in [6.45, 7) is 8.18. The minimum atomic E-state index is -1.37. The number of likely N-dealkylation sites (tertiary alicyclic amines) is 1. The van der Waals surface area contributed by atoms with Gasteiger partial charge in [-0.1, -0.05) is 61.7 Å². The second-order valence-electron chi connectivity index (χ2n) is 11.6. The number of nitrogens with zero attached hydrogens (tertiary/aromatic N) is 2. The first kappa shape index (κ1) is 30.7. The van der Waals surface area contributed by atoms with E-state index in [1.807, 2.05) is 26.0 Å². The highest BCUT2D eigenvalue weighted by Crippen LogP contribution is 2.59. The van der Waals surface area contributed by atoms with Gasteiger partial charge >= 0.3 is 5.97 Å². The van der Waals surface area contributed by atoms with Crippen LogP contribution < -0.4 is 5.32 Å². The van der Waals surface area contributed by atoms with Crippen LogP contribution in [0, 0.1) is 17.8 Å². The lowest BCUT2D eigenvalue weighted by Gasteiger charge is -2.40. The van der Waals surface area contributed by atoms with Crippen LogP contribution in [-0.4, -0.2) is 94.7 Å². The summed E-state index contributed by atoms with van der Waals surface area (Å²) < 4.78 is 12.8. The summed E-state index contributed by atoms with van der Waals surface area (Å²) >= 11 is 3.55. The fraction of sp³-hybridized carbons (Fsp3) is 0.724. The number of cyclic esters (lactones) is 1. The molecule has 2 saturated heterocycles. The Hall–Kier alpha value is -2.24. The van der Waals surface area contributed by atoms with Crippen molar-refractivity contribution in [2.75, 3.05) is 26.2 Å². The number of halogens is 1. The largest absolute Gasteiger partial charge is 0.460 e. The number of hydrogen-bond acceptors (Lipinski definition) is 7. The van der Waals surface area contributed by atoms with E-state index < -0.39 is 53.6 Å². The van der Waals surface area contributed by atoms with Gasteiger partial charge in [-0.15, -0.1) is 0 Å². The Morgan fingerprint density at radius 1 is 1.18 bits per heavy atom. The zero-order chi connectivity index (χ0) is 29.2. The molecule has 10 nitrogen and oxygen atoms in total. The SMILES string of the molecule is CCCCCN1C/C=C\CCC(=O)NC[C@@H](C)OC(=O)[C@@H]2[C@H]3O[C@@]4(C=C3Br)[C@H](C1=O)N([C@@H](CO)C(C)C)C(=O)[C@@H]24. The van der Waals surface area contributed by atoms with Crippen molar-refractivity contribution in [3.8, 4) is 0 Å². The molecule has 2 fully saturated rings. The molecule has 0 radical (unpaired) electrons. The molecule has 2 N–H and O–H groups in total. The number of carbonyl (C=O) groups is 4. The number of ether oxygens (including phenoxy) is 2. The molecule has 0 aromatic rings. The first-order chi connectivity index (χ1) is 19.1. The Morgan fingerprint density at radius 3 is 2.60 bits per heavy atom. The van der Waals surface area contributed by atoms with Gasteiger partial charge in [-0.2, -0.15) is 0 Å². The predicted molar refractivity (Wildman–Crippen MR) is 151 cm³/mol. The molecule has 4 rings (SSSR count). The summed E-state index contributed by atoms with van der Waals surface area (Å²) in [5.74, 6) is -3.53. The summed E-state index contributed by atoms with van der Waals surface area (Å²) in [5, 5.41) is 13.2. The summed E-state index contributed by atoms with van der Waals surface area (Å²) in [4.78, 5) is 57.9. The molecular formula is C29H42BrN3O7. The van der Waals surface area contributed by atoms with Crippen molar-refractivity contribution in [2.24, 2.45) is 17.8 Å². The van der Waals surface area contributed by atoms with Crippen LogP contribution in [0.4, 0.5) is 0 Å². The van der Waals surface area contributed by atoms with E-state index >= 15 is 0 Å². The van der Waals surface area contributed by atoms with Gasteiger partial charge in [0.1, 0.15) is 29.8 Å². The Morgan fingerprint density at radius 2 is 1.93 bits per heavy atom. The maximum absolute atomic E-state index is 14.5. The Kier molecular flexibility index (Phi) is 9.78. The van der Waals surface area contributed by atoms with Crippen molar-refractivity contribution in [3.63, 3.8) is 0 Å². The molecule has 11 heteroatoms. The van der Waals surface area contributed by atoms with E-state index in [0.717, 1.165) is 19.3 Å². The number of aliphatic hydroxyl groups is 1. The number of esters is 1. The zero-order valence-electron chi connectivity index (χ0n) is 23.8. The molecule has 1 spiro atoms. The number of nitrogens with one attached hydrogen (secondary N) is 1. The van der Waals surface area contributed by atoms with Gasteiger partial charge in [0.05, 0.1) is 25.1 Å². The van der Waals surface area contributed by atoms with Gasteiger partial charge < -0.3 is 29.7 Å². The van der Waals surface area contributed by atoms with E-state index in [1.165, 1.54) is 4.90 Å². The smallest absolute Gasteiger partial charge is 0.313 e.